The highest BCUT2D eigenvalue weighted by atomic mass is 16.1. The molecule has 0 aromatic heterocycles. The Labute approximate surface area is 97.3 Å². The summed E-state index contributed by atoms with van der Waals surface area (Å²) in [6, 6.07) is 10.7. The fourth-order valence-electron chi connectivity index (χ4n) is 2.46. The van der Waals surface area contributed by atoms with Gasteiger partial charge < -0.3 is 0 Å². The van der Waals surface area contributed by atoms with Crippen LogP contribution in [0.15, 0.2) is 30.3 Å². The first-order valence-corrected chi connectivity index (χ1v) is 6.02. The average Bonchev–Trinajstić information content (AvgIpc) is 2.30. The Bertz CT molecular complexity index is 339. The molecule has 0 saturated carbocycles. The van der Waals surface area contributed by atoms with Crippen LogP contribution in [0.3, 0.4) is 0 Å². The van der Waals surface area contributed by atoms with Crippen molar-refractivity contribution in [2.75, 3.05) is 19.6 Å². The molecule has 2 rings (SSSR count). The lowest BCUT2D eigenvalue weighted by Crippen LogP contribution is -2.36. The number of hydrogen-bond donors (Lipinski definition) is 0. The van der Waals surface area contributed by atoms with E-state index in [1.54, 1.807) is 6.92 Å². The second kappa shape index (κ2) is 5.26. The third kappa shape index (κ3) is 2.92. The predicted octanol–water partition coefficient (Wildman–Crippen LogP) is 2.46. The molecule has 16 heavy (non-hydrogen) atoms. The number of rotatable bonds is 3. The van der Waals surface area contributed by atoms with Crippen LogP contribution in [0.1, 0.15) is 31.2 Å². The van der Waals surface area contributed by atoms with Crippen molar-refractivity contribution < 1.29 is 4.79 Å². The van der Waals surface area contributed by atoms with E-state index in [0.29, 0.717) is 12.5 Å². The summed E-state index contributed by atoms with van der Waals surface area (Å²) in [5.74, 6) is 0.961. The van der Waals surface area contributed by atoms with Crippen molar-refractivity contribution in [2.45, 2.75) is 25.7 Å². The van der Waals surface area contributed by atoms with Gasteiger partial charge in [-0.1, -0.05) is 30.3 Å². The monoisotopic (exact) mass is 217 g/mol. The first-order valence-electron chi connectivity index (χ1n) is 6.02. The fraction of sp³-hybridized carbons (Fsp3) is 0.500. The van der Waals surface area contributed by atoms with Crippen LogP contribution in [0.2, 0.25) is 0 Å². The van der Waals surface area contributed by atoms with Gasteiger partial charge in [0.1, 0.15) is 5.78 Å². The summed E-state index contributed by atoms with van der Waals surface area (Å²) < 4.78 is 0. The lowest BCUT2D eigenvalue weighted by Gasteiger charge is -2.31. The van der Waals surface area contributed by atoms with Crippen LogP contribution < -0.4 is 0 Å². The normalized spacial score (nSPS) is 18.6. The minimum atomic E-state index is 0.276. The molecule has 1 heterocycles. The number of ketones is 1. The first-order chi connectivity index (χ1) is 7.75. The highest BCUT2D eigenvalue weighted by molar-refractivity contribution is 5.77. The number of carbonyl (C=O) groups is 1. The standard InChI is InChI=1S/C14H19NO/c1-12(16)11-15-9-7-14(8-10-15)13-5-3-2-4-6-13/h2-6,14H,7-11H2,1H3. The molecule has 1 aromatic rings. The van der Waals surface area contributed by atoms with E-state index < -0.39 is 0 Å². The molecule has 0 N–H and O–H groups in total. The van der Waals surface area contributed by atoms with Crippen molar-refractivity contribution >= 4 is 5.78 Å². The van der Waals surface area contributed by atoms with Gasteiger partial charge in [0.2, 0.25) is 0 Å². The Morgan fingerprint density at radius 3 is 2.44 bits per heavy atom. The van der Waals surface area contributed by atoms with Crippen LogP contribution in [0, 0.1) is 0 Å². The van der Waals surface area contributed by atoms with Crippen LogP contribution in [0.5, 0.6) is 0 Å². The molecule has 0 atom stereocenters. The summed E-state index contributed by atoms with van der Waals surface area (Å²) in [6.07, 6.45) is 2.36. The molecule has 2 heteroatoms. The molecule has 0 unspecified atom stereocenters. The van der Waals surface area contributed by atoms with Crippen molar-refractivity contribution in [3.8, 4) is 0 Å². The zero-order chi connectivity index (χ0) is 11.4. The topological polar surface area (TPSA) is 20.3 Å². The molecule has 1 saturated heterocycles. The maximum absolute atomic E-state index is 11.0. The summed E-state index contributed by atoms with van der Waals surface area (Å²) >= 11 is 0. The minimum Gasteiger partial charge on any atom is -0.299 e. The van der Waals surface area contributed by atoms with Crippen LogP contribution in [0.25, 0.3) is 0 Å². The molecule has 86 valence electrons. The van der Waals surface area contributed by atoms with Gasteiger partial charge in [-0.05, 0) is 44.3 Å². The third-order valence-corrected chi connectivity index (χ3v) is 3.30. The third-order valence-electron chi connectivity index (χ3n) is 3.30. The number of likely N-dealkylation sites (tertiary alicyclic amines) is 1. The summed E-state index contributed by atoms with van der Waals surface area (Å²) in [5, 5.41) is 0. The molecule has 1 aliphatic rings. The van der Waals surface area contributed by atoms with Crippen molar-refractivity contribution in [3.05, 3.63) is 35.9 Å². The van der Waals surface area contributed by atoms with Gasteiger partial charge in [-0.15, -0.1) is 0 Å². The summed E-state index contributed by atoms with van der Waals surface area (Å²) in [5.41, 5.74) is 1.45. The van der Waals surface area contributed by atoms with E-state index in [9.17, 15) is 4.79 Å². The van der Waals surface area contributed by atoms with Crippen molar-refractivity contribution in [2.24, 2.45) is 0 Å². The van der Waals surface area contributed by atoms with Gasteiger partial charge in [-0.3, -0.25) is 9.69 Å². The number of Topliss-reactive ketones (excluding diaryl/α,β-unsaturated/α-hetero) is 1. The highest BCUT2D eigenvalue weighted by Crippen LogP contribution is 2.27. The van der Waals surface area contributed by atoms with E-state index in [0.717, 1.165) is 13.1 Å². The maximum Gasteiger partial charge on any atom is 0.143 e. The Morgan fingerprint density at radius 2 is 1.88 bits per heavy atom. The predicted molar refractivity (Wildman–Crippen MR) is 65.5 cm³/mol. The molecule has 0 amide bonds. The molecular formula is C14H19NO. The van der Waals surface area contributed by atoms with E-state index in [1.807, 2.05) is 0 Å². The smallest absolute Gasteiger partial charge is 0.143 e. The Balaban J connectivity index is 1.88. The van der Waals surface area contributed by atoms with Crippen molar-refractivity contribution in [1.82, 2.24) is 4.90 Å². The quantitative estimate of drug-likeness (QED) is 0.775. The number of hydrogen-bond acceptors (Lipinski definition) is 2. The number of carbonyl (C=O) groups excluding carboxylic acids is 1. The van der Waals surface area contributed by atoms with Crippen molar-refractivity contribution in [3.63, 3.8) is 0 Å². The molecule has 2 nitrogen and oxygen atoms in total. The fourth-order valence-corrected chi connectivity index (χ4v) is 2.46. The number of piperidine rings is 1. The van der Waals surface area contributed by atoms with Crippen molar-refractivity contribution in [1.29, 1.82) is 0 Å². The van der Waals surface area contributed by atoms with Crippen LogP contribution >= 0.6 is 0 Å². The molecule has 1 fully saturated rings. The molecule has 1 aliphatic heterocycles. The molecular weight excluding hydrogens is 198 g/mol. The highest BCUT2D eigenvalue weighted by Gasteiger charge is 2.20. The second-order valence-corrected chi connectivity index (χ2v) is 4.66. The van der Waals surface area contributed by atoms with Crippen LogP contribution in [0.4, 0.5) is 0 Å². The second-order valence-electron chi connectivity index (χ2n) is 4.66. The summed E-state index contributed by atoms with van der Waals surface area (Å²) in [4.78, 5) is 13.3. The number of benzene rings is 1. The molecule has 0 spiro atoms. The average molecular weight is 217 g/mol. The minimum absolute atomic E-state index is 0.276. The SMILES string of the molecule is CC(=O)CN1CCC(c2ccccc2)CC1. The van der Waals surface area contributed by atoms with E-state index in [-0.39, 0.29) is 5.78 Å². The Kier molecular flexibility index (Phi) is 3.73. The molecule has 0 bridgehead atoms. The first kappa shape index (κ1) is 11.3. The van der Waals surface area contributed by atoms with E-state index >= 15 is 0 Å². The Morgan fingerprint density at radius 1 is 1.25 bits per heavy atom. The Hall–Kier alpha value is -1.15. The lowest BCUT2D eigenvalue weighted by atomic mass is 9.89. The van der Waals surface area contributed by atoms with E-state index in [4.69, 9.17) is 0 Å². The summed E-state index contributed by atoms with van der Waals surface area (Å²) in [6.45, 7) is 4.41. The van der Waals surface area contributed by atoms with Gasteiger partial charge in [0.15, 0.2) is 0 Å². The zero-order valence-corrected chi connectivity index (χ0v) is 9.86. The summed E-state index contributed by atoms with van der Waals surface area (Å²) in [7, 11) is 0. The van der Waals surface area contributed by atoms with E-state index in [2.05, 4.69) is 35.2 Å². The van der Waals surface area contributed by atoms with Crippen LogP contribution in [-0.2, 0) is 4.79 Å². The molecule has 0 aliphatic carbocycles. The zero-order valence-electron chi connectivity index (χ0n) is 9.86. The van der Waals surface area contributed by atoms with Gasteiger partial charge in [-0.25, -0.2) is 0 Å². The van der Waals surface area contributed by atoms with E-state index in [1.165, 1.54) is 18.4 Å². The van der Waals surface area contributed by atoms with Gasteiger partial charge in [0.25, 0.3) is 0 Å². The molecule has 0 radical (unpaired) electrons. The maximum atomic E-state index is 11.0. The van der Waals surface area contributed by atoms with Gasteiger partial charge in [0.05, 0.1) is 6.54 Å². The van der Waals surface area contributed by atoms with Gasteiger partial charge >= 0.3 is 0 Å². The largest absolute Gasteiger partial charge is 0.299 e. The van der Waals surface area contributed by atoms with Gasteiger partial charge in [0, 0.05) is 0 Å². The number of nitrogens with zero attached hydrogens (tertiary/aromatic N) is 1. The van der Waals surface area contributed by atoms with Crippen LogP contribution in [-0.4, -0.2) is 30.3 Å². The van der Waals surface area contributed by atoms with Gasteiger partial charge in [-0.2, -0.15) is 0 Å². The molecule has 1 aromatic carbocycles. The lowest BCUT2D eigenvalue weighted by molar-refractivity contribution is -0.118.